The quantitative estimate of drug-likeness (QED) is 0.878. The lowest BCUT2D eigenvalue weighted by Crippen LogP contribution is -2.18. The summed E-state index contributed by atoms with van der Waals surface area (Å²) in [7, 11) is 1.64. The van der Waals surface area contributed by atoms with Gasteiger partial charge in [-0.05, 0) is 30.2 Å². The average molecular weight is 272 g/mol. The fourth-order valence-electron chi connectivity index (χ4n) is 2.00. The third-order valence-electron chi connectivity index (χ3n) is 3.18. The number of nitrogens with zero attached hydrogens (tertiary/aromatic N) is 1. The summed E-state index contributed by atoms with van der Waals surface area (Å²) < 4.78 is 11.4. The van der Waals surface area contributed by atoms with Crippen LogP contribution in [0.4, 0.5) is 0 Å². The largest absolute Gasteiger partial charge is 0.493 e. The van der Waals surface area contributed by atoms with Gasteiger partial charge in [0.15, 0.2) is 11.5 Å². The number of nitrogens with two attached hydrogens (primary N) is 1. The van der Waals surface area contributed by atoms with Crippen molar-refractivity contribution < 1.29 is 9.47 Å². The van der Waals surface area contributed by atoms with Gasteiger partial charge in [0, 0.05) is 24.5 Å². The molecule has 0 spiro atoms. The van der Waals surface area contributed by atoms with Gasteiger partial charge in [0.1, 0.15) is 6.10 Å². The van der Waals surface area contributed by atoms with Gasteiger partial charge in [0.25, 0.3) is 0 Å². The number of hydrogen-bond donors (Lipinski definition) is 1. The van der Waals surface area contributed by atoms with Gasteiger partial charge in [-0.3, -0.25) is 4.98 Å². The predicted octanol–water partition coefficient (Wildman–Crippen LogP) is 2.73. The Labute approximate surface area is 119 Å². The first-order chi connectivity index (χ1) is 9.78. The van der Waals surface area contributed by atoms with E-state index in [1.165, 1.54) is 5.56 Å². The van der Waals surface area contributed by atoms with Crippen molar-refractivity contribution in [2.45, 2.75) is 19.4 Å². The lowest BCUT2D eigenvalue weighted by Gasteiger charge is -2.19. The van der Waals surface area contributed by atoms with E-state index in [0.717, 1.165) is 17.7 Å². The topological polar surface area (TPSA) is 57.4 Å². The summed E-state index contributed by atoms with van der Waals surface area (Å²) in [6, 6.07) is 9.79. The summed E-state index contributed by atoms with van der Waals surface area (Å²) in [6.45, 7) is 2.48. The molecule has 0 saturated heterocycles. The van der Waals surface area contributed by atoms with Gasteiger partial charge in [-0.1, -0.05) is 19.1 Å². The Morgan fingerprint density at radius 1 is 1.25 bits per heavy atom. The monoisotopic (exact) mass is 272 g/mol. The van der Waals surface area contributed by atoms with Crippen molar-refractivity contribution in [1.82, 2.24) is 4.98 Å². The molecule has 2 aromatic rings. The molecule has 4 heteroatoms. The number of rotatable bonds is 6. The number of aromatic nitrogens is 1. The molecule has 2 rings (SSSR count). The van der Waals surface area contributed by atoms with Crippen LogP contribution in [0.1, 0.15) is 24.2 Å². The maximum absolute atomic E-state index is 5.98. The van der Waals surface area contributed by atoms with Crippen LogP contribution in [0.5, 0.6) is 11.5 Å². The van der Waals surface area contributed by atoms with Crippen molar-refractivity contribution in [2.75, 3.05) is 13.7 Å². The molecule has 4 nitrogen and oxygen atoms in total. The van der Waals surface area contributed by atoms with E-state index in [1.54, 1.807) is 19.5 Å². The molecule has 1 aromatic heterocycles. The zero-order chi connectivity index (χ0) is 14.4. The van der Waals surface area contributed by atoms with Crippen molar-refractivity contribution in [2.24, 2.45) is 5.73 Å². The van der Waals surface area contributed by atoms with Gasteiger partial charge in [0.2, 0.25) is 0 Å². The molecule has 0 aliphatic carbocycles. The Kier molecular flexibility index (Phi) is 4.96. The number of ether oxygens (including phenoxy) is 2. The summed E-state index contributed by atoms with van der Waals surface area (Å²) in [5, 5.41) is 0. The van der Waals surface area contributed by atoms with Crippen LogP contribution in [0.25, 0.3) is 0 Å². The number of aryl methyl sites for hydroxylation is 1. The molecule has 0 saturated carbocycles. The molecule has 0 radical (unpaired) electrons. The SMILES string of the molecule is CCc1ccc(OC(CN)c2cccnc2)c(OC)c1. The maximum atomic E-state index is 5.98. The van der Waals surface area contributed by atoms with E-state index < -0.39 is 0 Å². The summed E-state index contributed by atoms with van der Waals surface area (Å²) in [6.07, 6.45) is 4.22. The molecule has 1 unspecified atom stereocenters. The summed E-state index contributed by atoms with van der Waals surface area (Å²) in [5.74, 6) is 1.43. The number of hydrogen-bond acceptors (Lipinski definition) is 4. The van der Waals surface area contributed by atoms with Gasteiger partial charge < -0.3 is 15.2 Å². The molecule has 106 valence electrons. The standard InChI is InChI=1S/C16H20N2O2/c1-3-12-6-7-14(15(9-12)19-2)20-16(10-17)13-5-4-8-18-11-13/h4-9,11,16H,3,10,17H2,1-2H3. The molecule has 1 atom stereocenters. The molecule has 0 aliphatic heterocycles. The molecule has 0 bridgehead atoms. The highest BCUT2D eigenvalue weighted by molar-refractivity contribution is 5.43. The lowest BCUT2D eigenvalue weighted by molar-refractivity contribution is 0.204. The average Bonchev–Trinajstić information content (AvgIpc) is 2.53. The van der Waals surface area contributed by atoms with E-state index in [-0.39, 0.29) is 6.10 Å². The molecule has 0 aliphatic rings. The molecule has 1 heterocycles. The molecule has 20 heavy (non-hydrogen) atoms. The zero-order valence-electron chi connectivity index (χ0n) is 11.9. The molecule has 0 amide bonds. The van der Waals surface area contributed by atoms with E-state index in [4.69, 9.17) is 15.2 Å². The van der Waals surface area contributed by atoms with Crippen LogP contribution in [-0.4, -0.2) is 18.6 Å². The van der Waals surface area contributed by atoms with E-state index >= 15 is 0 Å². The molecule has 2 N–H and O–H groups in total. The second-order valence-electron chi connectivity index (χ2n) is 4.47. The molecular weight excluding hydrogens is 252 g/mol. The van der Waals surface area contributed by atoms with E-state index in [0.29, 0.717) is 12.3 Å². The minimum atomic E-state index is -0.231. The summed E-state index contributed by atoms with van der Waals surface area (Å²) in [5.41, 5.74) is 7.97. The fraction of sp³-hybridized carbons (Fsp3) is 0.312. The minimum absolute atomic E-state index is 0.231. The van der Waals surface area contributed by atoms with Crippen LogP contribution in [-0.2, 0) is 6.42 Å². The van der Waals surface area contributed by atoms with Gasteiger partial charge in [-0.15, -0.1) is 0 Å². The highest BCUT2D eigenvalue weighted by Crippen LogP contribution is 2.31. The Hall–Kier alpha value is -2.07. The predicted molar refractivity (Wildman–Crippen MR) is 79.0 cm³/mol. The maximum Gasteiger partial charge on any atom is 0.162 e. The highest BCUT2D eigenvalue weighted by atomic mass is 16.5. The van der Waals surface area contributed by atoms with Crippen LogP contribution < -0.4 is 15.2 Å². The van der Waals surface area contributed by atoms with E-state index in [1.807, 2.05) is 30.3 Å². The van der Waals surface area contributed by atoms with E-state index in [9.17, 15) is 0 Å². The van der Waals surface area contributed by atoms with Crippen molar-refractivity contribution in [3.63, 3.8) is 0 Å². The smallest absolute Gasteiger partial charge is 0.162 e. The van der Waals surface area contributed by atoms with Crippen LogP contribution in [0, 0.1) is 0 Å². The highest BCUT2D eigenvalue weighted by Gasteiger charge is 2.14. The van der Waals surface area contributed by atoms with Gasteiger partial charge >= 0.3 is 0 Å². The molecular formula is C16H20N2O2. The Balaban J connectivity index is 2.23. The first-order valence-electron chi connectivity index (χ1n) is 6.72. The van der Waals surface area contributed by atoms with Crippen LogP contribution >= 0.6 is 0 Å². The zero-order valence-corrected chi connectivity index (χ0v) is 11.9. The fourth-order valence-corrected chi connectivity index (χ4v) is 2.00. The third-order valence-corrected chi connectivity index (χ3v) is 3.18. The van der Waals surface area contributed by atoms with E-state index in [2.05, 4.69) is 11.9 Å². The van der Waals surface area contributed by atoms with Crippen molar-refractivity contribution in [1.29, 1.82) is 0 Å². The van der Waals surface area contributed by atoms with Gasteiger partial charge in [-0.2, -0.15) is 0 Å². The minimum Gasteiger partial charge on any atom is -0.493 e. The Morgan fingerprint density at radius 2 is 2.10 bits per heavy atom. The molecule has 1 aromatic carbocycles. The first-order valence-corrected chi connectivity index (χ1v) is 6.72. The van der Waals surface area contributed by atoms with Crippen molar-refractivity contribution in [3.05, 3.63) is 53.9 Å². The third kappa shape index (κ3) is 3.27. The Morgan fingerprint density at radius 3 is 2.70 bits per heavy atom. The summed E-state index contributed by atoms with van der Waals surface area (Å²) >= 11 is 0. The van der Waals surface area contributed by atoms with Crippen LogP contribution in [0.15, 0.2) is 42.7 Å². The van der Waals surface area contributed by atoms with Crippen LogP contribution in [0.3, 0.4) is 0 Å². The van der Waals surface area contributed by atoms with Crippen molar-refractivity contribution in [3.8, 4) is 11.5 Å². The molecule has 0 fully saturated rings. The Bertz CT molecular complexity index is 543. The number of benzene rings is 1. The van der Waals surface area contributed by atoms with Gasteiger partial charge in [0.05, 0.1) is 7.11 Å². The van der Waals surface area contributed by atoms with Crippen molar-refractivity contribution >= 4 is 0 Å². The van der Waals surface area contributed by atoms with Crippen LogP contribution in [0.2, 0.25) is 0 Å². The second kappa shape index (κ2) is 6.91. The number of methoxy groups -OCH3 is 1. The number of pyridine rings is 1. The second-order valence-corrected chi connectivity index (χ2v) is 4.47. The normalized spacial score (nSPS) is 11.9. The van der Waals surface area contributed by atoms with Gasteiger partial charge in [-0.25, -0.2) is 0 Å². The summed E-state index contributed by atoms with van der Waals surface area (Å²) in [4.78, 5) is 4.10. The lowest BCUT2D eigenvalue weighted by atomic mass is 10.1. The first kappa shape index (κ1) is 14.3.